The van der Waals surface area contributed by atoms with E-state index in [4.69, 9.17) is 0 Å². The Bertz CT molecular complexity index is 394. The largest absolute Gasteiger partial charge is 0.384 e. The molecule has 1 aromatic carbocycles. The molecule has 2 rings (SSSR count). The molecule has 1 aromatic rings. The van der Waals surface area contributed by atoms with Crippen LogP contribution in [0.1, 0.15) is 24.0 Å². The highest BCUT2D eigenvalue weighted by Gasteiger charge is 2.35. The first kappa shape index (κ1) is 11.6. The molecule has 1 aliphatic rings. The number of benzene rings is 1. The third-order valence-electron chi connectivity index (χ3n) is 3.28. The fourth-order valence-corrected chi connectivity index (χ4v) is 2.46. The van der Waals surface area contributed by atoms with Gasteiger partial charge in [-0.3, -0.25) is 0 Å². The van der Waals surface area contributed by atoms with E-state index in [9.17, 15) is 9.50 Å². The maximum absolute atomic E-state index is 13.7. The van der Waals surface area contributed by atoms with Gasteiger partial charge in [0.15, 0.2) is 0 Å². The lowest BCUT2D eigenvalue weighted by atomic mass is 9.85. The second-order valence-electron chi connectivity index (χ2n) is 4.86. The number of rotatable bonds is 1. The lowest BCUT2D eigenvalue weighted by Crippen LogP contribution is -2.44. The Morgan fingerprint density at radius 1 is 1.44 bits per heavy atom. The third kappa shape index (κ3) is 2.11. The fourth-order valence-electron chi connectivity index (χ4n) is 2.46. The summed E-state index contributed by atoms with van der Waals surface area (Å²) in [7, 11) is 1.96. The van der Waals surface area contributed by atoms with Gasteiger partial charge in [-0.05, 0) is 39.4 Å². The van der Waals surface area contributed by atoms with E-state index in [1.165, 1.54) is 6.07 Å². The van der Waals surface area contributed by atoms with Gasteiger partial charge in [-0.15, -0.1) is 0 Å². The highest BCUT2D eigenvalue weighted by molar-refractivity contribution is 5.30. The summed E-state index contributed by atoms with van der Waals surface area (Å²) in [5.41, 5.74) is 0.403. The number of piperidine rings is 1. The molecule has 0 saturated carbocycles. The SMILES string of the molecule is Cc1ccc(F)c(C2(O)CCCN(C)C2)c1. The van der Waals surface area contributed by atoms with Crippen LogP contribution in [-0.2, 0) is 5.60 Å². The van der Waals surface area contributed by atoms with Gasteiger partial charge in [0.25, 0.3) is 0 Å². The average Bonchev–Trinajstić information content (AvgIpc) is 2.21. The highest BCUT2D eigenvalue weighted by Crippen LogP contribution is 2.32. The van der Waals surface area contributed by atoms with Crippen molar-refractivity contribution in [1.82, 2.24) is 4.90 Å². The van der Waals surface area contributed by atoms with Gasteiger partial charge in [-0.1, -0.05) is 17.7 Å². The minimum Gasteiger partial charge on any atom is -0.384 e. The first-order valence-corrected chi connectivity index (χ1v) is 5.69. The van der Waals surface area contributed by atoms with Gasteiger partial charge < -0.3 is 10.0 Å². The van der Waals surface area contributed by atoms with Gasteiger partial charge in [0.1, 0.15) is 11.4 Å². The van der Waals surface area contributed by atoms with Crippen molar-refractivity contribution in [3.63, 3.8) is 0 Å². The summed E-state index contributed by atoms with van der Waals surface area (Å²) in [5, 5.41) is 10.5. The molecular formula is C13H18FNO. The van der Waals surface area contributed by atoms with E-state index in [0.29, 0.717) is 18.5 Å². The number of hydrogen-bond acceptors (Lipinski definition) is 2. The number of likely N-dealkylation sites (tertiary alicyclic amines) is 1. The highest BCUT2D eigenvalue weighted by atomic mass is 19.1. The Hall–Kier alpha value is -0.930. The molecule has 0 amide bonds. The second-order valence-corrected chi connectivity index (χ2v) is 4.86. The Balaban J connectivity index is 2.37. The van der Waals surface area contributed by atoms with Crippen molar-refractivity contribution < 1.29 is 9.50 Å². The number of likely N-dealkylation sites (N-methyl/N-ethyl adjacent to an activating group) is 1. The summed E-state index contributed by atoms with van der Waals surface area (Å²) < 4.78 is 13.7. The molecule has 88 valence electrons. The molecule has 1 atom stereocenters. The quantitative estimate of drug-likeness (QED) is 0.787. The van der Waals surface area contributed by atoms with Crippen molar-refractivity contribution in [2.24, 2.45) is 0 Å². The molecule has 1 unspecified atom stereocenters. The van der Waals surface area contributed by atoms with Gasteiger partial charge in [0.2, 0.25) is 0 Å². The standard InChI is InChI=1S/C13H18FNO/c1-10-4-5-12(14)11(8-10)13(16)6-3-7-15(2)9-13/h4-5,8,16H,3,6-7,9H2,1-2H3. The molecule has 1 heterocycles. The smallest absolute Gasteiger partial charge is 0.129 e. The second kappa shape index (κ2) is 4.15. The van der Waals surface area contributed by atoms with Gasteiger partial charge in [-0.25, -0.2) is 4.39 Å². The van der Waals surface area contributed by atoms with Crippen molar-refractivity contribution in [3.8, 4) is 0 Å². The predicted molar refractivity (Wildman–Crippen MR) is 61.8 cm³/mol. The number of halogens is 1. The molecule has 1 N–H and O–H groups in total. The summed E-state index contributed by atoms with van der Waals surface area (Å²) >= 11 is 0. The van der Waals surface area contributed by atoms with Crippen LogP contribution in [0.3, 0.4) is 0 Å². The first-order chi connectivity index (χ1) is 7.51. The summed E-state index contributed by atoms with van der Waals surface area (Å²) in [4.78, 5) is 2.05. The van der Waals surface area contributed by atoms with Gasteiger partial charge >= 0.3 is 0 Å². The molecule has 1 saturated heterocycles. The summed E-state index contributed by atoms with van der Waals surface area (Å²) in [6, 6.07) is 4.93. The van der Waals surface area contributed by atoms with Gasteiger partial charge in [0, 0.05) is 12.1 Å². The zero-order valence-corrected chi connectivity index (χ0v) is 9.83. The Kier molecular flexibility index (Phi) is 3.00. The Morgan fingerprint density at radius 2 is 2.19 bits per heavy atom. The minimum absolute atomic E-state index is 0.302. The molecule has 0 spiro atoms. The Labute approximate surface area is 95.7 Å². The van der Waals surface area contributed by atoms with Crippen LogP contribution in [0.2, 0.25) is 0 Å². The maximum Gasteiger partial charge on any atom is 0.129 e. The van der Waals surface area contributed by atoms with Crippen molar-refractivity contribution in [3.05, 3.63) is 35.1 Å². The number of nitrogens with zero attached hydrogens (tertiary/aromatic N) is 1. The minimum atomic E-state index is -1.02. The zero-order valence-electron chi connectivity index (χ0n) is 9.83. The normalized spacial score (nSPS) is 27.0. The van der Waals surface area contributed by atoms with Crippen LogP contribution in [0, 0.1) is 12.7 Å². The average molecular weight is 223 g/mol. The lowest BCUT2D eigenvalue weighted by molar-refractivity contribution is -0.0304. The number of aliphatic hydroxyl groups is 1. The van der Waals surface area contributed by atoms with Crippen LogP contribution in [0.15, 0.2) is 18.2 Å². The molecule has 3 heteroatoms. The molecular weight excluding hydrogens is 205 g/mol. The van der Waals surface area contributed by atoms with Crippen molar-refractivity contribution in [2.75, 3.05) is 20.1 Å². The van der Waals surface area contributed by atoms with Crippen LogP contribution < -0.4 is 0 Å². The van der Waals surface area contributed by atoms with Crippen LogP contribution in [0.4, 0.5) is 4.39 Å². The third-order valence-corrected chi connectivity index (χ3v) is 3.28. The molecule has 0 aliphatic carbocycles. The van der Waals surface area contributed by atoms with Crippen molar-refractivity contribution in [2.45, 2.75) is 25.4 Å². The van der Waals surface area contributed by atoms with Crippen molar-refractivity contribution in [1.29, 1.82) is 0 Å². The molecule has 0 radical (unpaired) electrons. The lowest BCUT2D eigenvalue weighted by Gasteiger charge is -2.38. The summed E-state index contributed by atoms with van der Waals surface area (Å²) in [6.07, 6.45) is 1.54. The summed E-state index contributed by atoms with van der Waals surface area (Å²) in [6.45, 7) is 3.39. The monoisotopic (exact) mass is 223 g/mol. The van der Waals surface area contributed by atoms with Gasteiger partial charge in [-0.2, -0.15) is 0 Å². The topological polar surface area (TPSA) is 23.5 Å². The Morgan fingerprint density at radius 3 is 2.88 bits per heavy atom. The fraction of sp³-hybridized carbons (Fsp3) is 0.538. The van der Waals surface area contributed by atoms with Crippen LogP contribution in [0.25, 0.3) is 0 Å². The van der Waals surface area contributed by atoms with E-state index in [2.05, 4.69) is 0 Å². The van der Waals surface area contributed by atoms with E-state index in [1.54, 1.807) is 12.1 Å². The predicted octanol–water partition coefficient (Wildman–Crippen LogP) is 2.05. The zero-order chi connectivity index (χ0) is 11.8. The first-order valence-electron chi connectivity index (χ1n) is 5.69. The number of hydrogen-bond donors (Lipinski definition) is 1. The molecule has 0 bridgehead atoms. The molecule has 2 nitrogen and oxygen atoms in total. The number of β-amino-alcohol motifs (C(OH)–C–C–N with tert-alkyl or cyclic N) is 1. The van der Waals surface area contributed by atoms with Crippen molar-refractivity contribution >= 4 is 0 Å². The molecule has 1 fully saturated rings. The molecule has 16 heavy (non-hydrogen) atoms. The van der Waals surface area contributed by atoms with E-state index in [1.807, 2.05) is 18.9 Å². The van der Waals surface area contributed by atoms with E-state index >= 15 is 0 Å². The van der Waals surface area contributed by atoms with Crippen LogP contribution in [-0.4, -0.2) is 30.1 Å². The maximum atomic E-state index is 13.7. The van der Waals surface area contributed by atoms with E-state index < -0.39 is 5.60 Å². The molecule has 0 aromatic heterocycles. The van der Waals surface area contributed by atoms with Crippen LogP contribution in [0.5, 0.6) is 0 Å². The molecule has 1 aliphatic heterocycles. The summed E-state index contributed by atoms with van der Waals surface area (Å²) in [5.74, 6) is -0.302. The van der Waals surface area contributed by atoms with Crippen LogP contribution >= 0.6 is 0 Å². The van der Waals surface area contributed by atoms with E-state index in [0.717, 1.165) is 18.5 Å². The van der Waals surface area contributed by atoms with E-state index in [-0.39, 0.29) is 5.82 Å². The van der Waals surface area contributed by atoms with Gasteiger partial charge in [0.05, 0.1) is 0 Å². The number of aryl methyl sites for hydroxylation is 1.